The fourth-order valence-corrected chi connectivity index (χ4v) is 5.15. The highest BCUT2D eigenvalue weighted by Gasteiger charge is 2.63. The lowest BCUT2D eigenvalue weighted by molar-refractivity contribution is -0.153. The largest absolute Gasteiger partial charge is 0.340 e. The van der Waals surface area contributed by atoms with E-state index in [2.05, 4.69) is 25.9 Å². The normalized spacial score (nSPS) is 33.6. The maximum absolute atomic E-state index is 12.6. The minimum Gasteiger partial charge on any atom is -0.340 e. The van der Waals surface area contributed by atoms with Crippen molar-refractivity contribution >= 4 is 23.6 Å². The molecule has 23 heavy (non-hydrogen) atoms. The minimum atomic E-state index is -0.799. The highest BCUT2D eigenvalue weighted by molar-refractivity contribution is 8.01. The molecular formula is C13H19N7O2S. The van der Waals surface area contributed by atoms with Gasteiger partial charge in [0.2, 0.25) is 11.8 Å². The van der Waals surface area contributed by atoms with Gasteiger partial charge in [-0.1, -0.05) is 5.21 Å². The van der Waals surface area contributed by atoms with Crippen LogP contribution in [-0.2, 0) is 9.59 Å². The lowest BCUT2D eigenvalue weighted by atomic mass is 9.76. The zero-order valence-corrected chi connectivity index (χ0v) is 13.8. The molecule has 2 amide bonds. The molecule has 4 rings (SSSR count). The summed E-state index contributed by atoms with van der Waals surface area (Å²) in [5.74, 6) is 0.166. The molecule has 3 aliphatic rings. The SMILES string of the molecule is CC1(C)S[C@H]2C(NC(=O)C3(N)CCC3)C(=O)N2C1c1nn[nH]n1. The number of nitrogens with zero attached hydrogens (tertiary/aromatic N) is 4. The Morgan fingerprint density at radius 2 is 2.22 bits per heavy atom. The smallest absolute Gasteiger partial charge is 0.249 e. The van der Waals surface area contributed by atoms with Gasteiger partial charge in [-0.25, -0.2) is 0 Å². The number of hydrogen-bond acceptors (Lipinski definition) is 7. The van der Waals surface area contributed by atoms with Crippen LogP contribution in [0.1, 0.15) is 45.0 Å². The first-order valence-electron chi connectivity index (χ1n) is 7.67. The van der Waals surface area contributed by atoms with E-state index in [-0.39, 0.29) is 28.0 Å². The summed E-state index contributed by atoms with van der Waals surface area (Å²) < 4.78 is -0.263. The van der Waals surface area contributed by atoms with Crippen LogP contribution in [0.25, 0.3) is 0 Å². The third-order valence-corrected chi connectivity index (χ3v) is 6.60. The Balaban J connectivity index is 1.53. The van der Waals surface area contributed by atoms with Gasteiger partial charge in [-0.2, -0.15) is 5.21 Å². The van der Waals surface area contributed by atoms with E-state index < -0.39 is 11.6 Å². The van der Waals surface area contributed by atoms with Crippen LogP contribution >= 0.6 is 11.8 Å². The fourth-order valence-electron chi connectivity index (χ4n) is 3.52. The van der Waals surface area contributed by atoms with E-state index in [9.17, 15) is 9.59 Å². The molecule has 1 aromatic heterocycles. The number of hydrogen-bond donors (Lipinski definition) is 3. The van der Waals surface area contributed by atoms with Crippen LogP contribution < -0.4 is 11.1 Å². The molecule has 1 aliphatic carbocycles. The van der Waals surface area contributed by atoms with E-state index in [1.807, 2.05) is 13.8 Å². The highest BCUT2D eigenvalue weighted by Crippen LogP contribution is 2.56. The second-order valence-electron chi connectivity index (χ2n) is 6.99. The summed E-state index contributed by atoms with van der Waals surface area (Å²) in [4.78, 5) is 26.6. The zero-order valence-electron chi connectivity index (χ0n) is 12.9. The van der Waals surface area contributed by atoms with Crippen molar-refractivity contribution in [1.82, 2.24) is 30.8 Å². The Morgan fingerprint density at radius 1 is 1.48 bits per heavy atom. The Morgan fingerprint density at radius 3 is 2.78 bits per heavy atom. The molecule has 3 fully saturated rings. The molecule has 4 N–H and O–H groups in total. The lowest BCUT2D eigenvalue weighted by Gasteiger charge is -2.46. The number of H-pyrrole nitrogens is 1. The third-order valence-electron chi connectivity index (χ3n) is 5.03. The number of β-lactam (4-membered cyclic amide) rings is 1. The number of nitrogens with two attached hydrogens (primary N) is 1. The number of aromatic nitrogens is 4. The molecule has 2 unspecified atom stereocenters. The van der Waals surface area contributed by atoms with E-state index in [0.717, 1.165) is 6.42 Å². The molecule has 1 aromatic rings. The average Bonchev–Trinajstić information content (AvgIpc) is 3.06. The van der Waals surface area contributed by atoms with E-state index in [0.29, 0.717) is 18.7 Å². The van der Waals surface area contributed by atoms with Gasteiger partial charge in [0.25, 0.3) is 0 Å². The summed E-state index contributed by atoms with van der Waals surface area (Å²) in [5, 5.41) is 16.8. The van der Waals surface area contributed by atoms with Crippen LogP contribution in [0.4, 0.5) is 0 Å². The van der Waals surface area contributed by atoms with Gasteiger partial charge in [0.05, 0.1) is 5.54 Å². The van der Waals surface area contributed by atoms with Gasteiger partial charge in [0, 0.05) is 4.75 Å². The second-order valence-corrected chi connectivity index (χ2v) is 8.76. The molecule has 0 spiro atoms. The average molecular weight is 337 g/mol. The van der Waals surface area contributed by atoms with Crippen molar-refractivity contribution in [3.63, 3.8) is 0 Å². The first-order chi connectivity index (χ1) is 10.8. The molecule has 3 atom stereocenters. The van der Waals surface area contributed by atoms with Crippen LogP contribution in [0.5, 0.6) is 0 Å². The fraction of sp³-hybridized carbons (Fsp3) is 0.769. The molecule has 2 aliphatic heterocycles. The summed E-state index contributed by atoms with van der Waals surface area (Å²) >= 11 is 1.64. The predicted molar refractivity (Wildman–Crippen MR) is 81.9 cm³/mol. The van der Waals surface area contributed by atoms with E-state index in [1.165, 1.54) is 0 Å². The quantitative estimate of drug-likeness (QED) is 0.622. The molecule has 0 bridgehead atoms. The third kappa shape index (κ3) is 2.01. The van der Waals surface area contributed by atoms with Crippen LogP contribution in [0.15, 0.2) is 0 Å². The van der Waals surface area contributed by atoms with Gasteiger partial charge in [0.1, 0.15) is 17.5 Å². The number of rotatable bonds is 3. The highest BCUT2D eigenvalue weighted by atomic mass is 32.2. The van der Waals surface area contributed by atoms with E-state index >= 15 is 0 Å². The number of carbonyl (C=O) groups is 2. The summed E-state index contributed by atoms with van der Waals surface area (Å²) in [6, 6.07) is -0.780. The van der Waals surface area contributed by atoms with E-state index in [4.69, 9.17) is 5.73 Å². The summed E-state index contributed by atoms with van der Waals surface area (Å²) in [7, 11) is 0. The van der Waals surface area contributed by atoms with Crippen LogP contribution in [0.2, 0.25) is 0 Å². The second kappa shape index (κ2) is 4.67. The molecule has 2 saturated heterocycles. The van der Waals surface area contributed by atoms with Crippen molar-refractivity contribution in [3.05, 3.63) is 5.82 Å². The van der Waals surface area contributed by atoms with Crippen molar-refractivity contribution in [3.8, 4) is 0 Å². The molecule has 10 heteroatoms. The van der Waals surface area contributed by atoms with E-state index in [1.54, 1.807) is 16.7 Å². The van der Waals surface area contributed by atoms with Crippen molar-refractivity contribution in [1.29, 1.82) is 0 Å². The number of aromatic amines is 1. The van der Waals surface area contributed by atoms with Gasteiger partial charge >= 0.3 is 0 Å². The Labute approximate surface area is 137 Å². The minimum absolute atomic E-state index is 0.112. The summed E-state index contributed by atoms with van der Waals surface area (Å²) in [5.41, 5.74) is 5.24. The molecule has 9 nitrogen and oxygen atoms in total. The number of tetrazole rings is 1. The predicted octanol–water partition coefficient (Wildman–Crippen LogP) is -0.699. The Bertz CT molecular complexity index is 657. The zero-order chi connectivity index (χ0) is 16.4. The summed E-state index contributed by atoms with van der Waals surface area (Å²) in [6.07, 6.45) is 2.32. The number of fused-ring (bicyclic) bond motifs is 1. The lowest BCUT2D eigenvalue weighted by Crippen LogP contribution is -2.71. The van der Waals surface area contributed by atoms with Crippen molar-refractivity contribution < 1.29 is 9.59 Å². The first kappa shape index (κ1) is 14.9. The molecular weight excluding hydrogens is 318 g/mol. The van der Waals surface area contributed by atoms with Gasteiger partial charge in [0.15, 0.2) is 5.82 Å². The van der Waals surface area contributed by atoms with Gasteiger partial charge in [-0.15, -0.1) is 22.0 Å². The maximum atomic E-state index is 12.6. The number of thioether (sulfide) groups is 1. The Hall–Kier alpha value is -1.68. The number of carbonyl (C=O) groups excluding carboxylic acids is 2. The molecule has 124 valence electrons. The molecule has 3 heterocycles. The van der Waals surface area contributed by atoms with Gasteiger partial charge in [-0.05, 0) is 33.1 Å². The molecule has 1 saturated carbocycles. The topological polar surface area (TPSA) is 130 Å². The molecule has 0 radical (unpaired) electrons. The Kier molecular flexibility index (Phi) is 3.02. The van der Waals surface area contributed by atoms with Crippen LogP contribution in [-0.4, -0.2) is 59.0 Å². The standard InChI is InChI=1S/C13H19N7O2S/c1-12(2)7(8-16-18-19-17-8)20-9(21)6(10(20)23-12)15-11(22)13(14)4-3-5-13/h6-7,10H,3-5,14H2,1-2H3,(H,15,22)(H,16,17,18,19)/t6?,7?,10-/m0/s1. The van der Waals surface area contributed by atoms with Crippen molar-refractivity contribution in [2.75, 3.05) is 0 Å². The van der Waals surface area contributed by atoms with Gasteiger partial charge < -0.3 is 16.0 Å². The number of nitrogens with one attached hydrogen (secondary N) is 2. The summed E-state index contributed by atoms with van der Waals surface area (Å²) in [6.45, 7) is 4.08. The first-order valence-corrected chi connectivity index (χ1v) is 8.55. The maximum Gasteiger partial charge on any atom is 0.249 e. The van der Waals surface area contributed by atoms with Crippen molar-refractivity contribution in [2.24, 2.45) is 5.73 Å². The van der Waals surface area contributed by atoms with Crippen LogP contribution in [0, 0.1) is 0 Å². The van der Waals surface area contributed by atoms with Crippen LogP contribution in [0.3, 0.4) is 0 Å². The van der Waals surface area contributed by atoms with Crippen molar-refractivity contribution in [2.45, 2.75) is 60.9 Å². The molecule has 0 aromatic carbocycles. The number of amides is 2. The monoisotopic (exact) mass is 337 g/mol. The van der Waals surface area contributed by atoms with Gasteiger partial charge in [-0.3, -0.25) is 9.59 Å².